The van der Waals surface area contributed by atoms with Gasteiger partial charge in [0, 0.05) is 44.7 Å². The summed E-state index contributed by atoms with van der Waals surface area (Å²) in [7, 11) is 0. The molecule has 3 aromatic heterocycles. The number of halogens is 1. The lowest BCUT2D eigenvalue weighted by Gasteiger charge is -2.24. The van der Waals surface area contributed by atoms with E-state index in [1.165, 1.54) is 22.7 Å². The number of esters is 1. The van der Waals surface area contributed by atoms with Crippen molar-refractivity contribution in [3.8, 4) is 0 Å². The molecule has 9 heteroatoms. The molecule has 7 rings (SSSR count). The molecule has 44 heavy (non-hydrogen) atoms. The number of nitrogens with zero attached hydrogens (tertiary/aromatic N) is 3. The Balaban J connectivity index is 1.43. The van der Waals surface area contributed by atoms with Gasteiger partial charge in [0.1, 0.15) is 6.04 Å². The first kappa shape index (κ1) is 28.3. The molecule has 0 spiro atoms. The zero-order valence-corrected chi connectivity index (χ0v) is 26.0. The van der Waals surface area contributed by atoms with E-state index in [1.54, 1.807) is 11.5 Å². The Morgan fingerprint density at radius 1 is 1.00 bits per heavy atom. The zero-order valence-electron chi connectivity index (χ0n) is 23.6. The topological polar surface area (TPSA) is 65.6 Å². The predicted octanol–water partition coefficient (Wildman–Crippen LogP) is 6.65. The van der Waals surface area contributed by atoms with Gasteiger partial charge in [-0.25, -0.2) is 9.79 Å². The average Bonchev–Trinajstić information content (AvgIpc) is 3.77. The maximum absolute atomic E-state index is 14.3. The molecule has 6 aromatic rings. The van der Waals surface area contributed by atoms with Crippen LogP contribution < -0.4 is 14.9 Å². The monoisotopic (exact) mass is 635 g/mol. The third kappa shape index (κ3) is 5.15. The molecule has 0 saturated heterocycles. The standard InChI is InChI=1S/C35H26ClN3O3S2/c1-2-42-34(41)30-31(23-9-4-3-5-10-23)37-35-39(32(30)28-13-8-18-43-28)33(40)29(44-35)19-24-21-38(27-12-7-6-11-26(24)27)20-22-14-16-25(36)17-15-22/h3-19,21,32H,2,20H2,1H3/b29-19+/t32-/m1/s1. The van der Waals surface area contributed by atoms with E-state index in [9.17, 15) is 9.59 Å². The summed E-state index contributed by atoms with van der Waals surface area (Å²) in [5.41, 5.74) is 4.59. The van der Waals surface area contributed by atoms with Gasteiger partial charge in [-0.2, -0.15) is 0 Å². The molecular formula is C35H26ClN3O3S2. The fraction of sp³-hybridized carbons (Fsp3) is 0.114. The van der Waals surface area contributed by atoms with Crippen LogP contribution in [0.3, 0.4) is 0 Å². The Kier molecular flexibility index (Phi) is 7.64. The van der Waals surface area contributed by atoms with Gasteiger partial charge in [0.15, 0.2) is 4.80 Å². The van der Waals surface area contributed by atoms with Crippen LogP contribution in [0.5, 0.6) is 0 Å². The Bertz CT molecular complexity index is 2210. The normalized spacial score (nSPS) is 15.0. The average molecular weight is 636 g/mol. The minimum atomic E-state index is -0.658. The first-order valence-electron chi connectivity index (χ1n) is 14.2. The number of para-hydroxylation sites is 1. The molecule has 0 fully saturated rings. The van der Waals surface area contributed by atoms with E-state index in [1.807, 2.05) is 90.3 Å². The van der Waals surface area contributed by atoms with Crippen molar-refractivity contribution in [1.82, 2.24) is 9.13 Å². The number of carbonyl (C=O) groups excluding carboxylic acids is 1. The summed E-state index contributed by atoms with van der Waals surface area (Å²) in [6.07, 6.45) is 4.01. The second-order valence-electron chi connectivity index (χ2n) is 10.3. The van der Waals surface area contributed by atoms with Crippen LogP contribution in [0.2, 0.25) is 5.02 Å². The minimum absolute atomic E-state index is 0.199. The number of hydrogen-bond donors (Lipinski definition) is 0. The van der Waals surface area contributed by atoms with Gasteiger partial charge in [0.05, 0.1) is 22.4 Å². The number of thiazole rings is 1. The Hall–Kier alpha value is -4.50. The summed E-state index contributed by atoms with van der Waals surface area (Å²) in [5.74, 6) is -0.479. The maximum Gasteiger partial charge on any atom is 0.338 e. The number of carbonyl (C=O) groups is 1. The van der Waals surface area contributed by atoms with Crippen LogP contribution in [-0.2, 0) is 16.1 Å². The van der Waals surface area contributed by atoms with Crippen molar-refractivity contribution in [1.29, 1.82) is 0 Å². The third-order valence-electron chi connectivity index (χ3n) is 7.56. The molecule has 218 valence electrons. The van der Waals surface area contributed by atoms with Crippen molar-refractivity contribution >= 4 is 62.9 Å². The number of benzene rings is 3. The van der Waals surface area contributed by atoms with Crippen molar-refractivity contribution in [3.63, 3.8) is 0 Å². The fourth-order valence-electron chi connectivity index (χ4n) is 5.61. The lowest BCUT2D eigenvalue weighted by molar-refractivity contribution is -0.138. The van der Waals surface area contributed by atoms with Gasteiger partial charge in [-0.05, 0) is 48.2 Å². The predicted molar refractivity (Wildman–Crippen MR) is 178 cm³/mol. The Morgan fingerprint density at radius 2 is 1.77 bits per heavy atom. The fourth-order valence-corrected chi connectivity index (χ4v) is 7.55. The molecular weight excluding hydrogens is 610 g/mol. The van der Waals surface area contributed by atoms with Crippen LogP contribution in [0.15, 0.2) is 118 Å². The third-order valence-corrected chi connectivity index (χ3v) is 9.72. The molecule has 1 aliphatic heterocycles. The highest BCUT2D eigenvalue weighted by atomic mass is 35.5. The molecule has 4 heterocycles. The van der Waals surface area contributed by atoms with E-state index in [-0.39, 0.29) is 12.2 Å². The van der Waals surface area contributed by atoms with Crippen LogP contribution in [0.4, 0.5) is 0 Å². The molecule has 0 saturated carbocycles. The van der Waals surface area contributed by atoms with Crippen LogP contribution in [0, 0.1) is 0 Å². The van der Waals surface area contributed by atoms with Gasteiger partial charge < -0.3 is 9.30 Å². The van der Waals surface area contributed by atoms with Crippen LogP contribution in [0.1, 0.15) is 34.5 Å². The van der Waals surface area contributed by atoms with Gasteiger partial charge in [-0.1, -0.05) is 89.7 Å². The quantitative estimate of drug-likeness (QED) is 0.185. The zero-order chi connectivity index (χ0) is 30.2. The lowest BCUT2D eigenvalue weighted by Crippen LogP contribution is -2.39. The number of rotatable bonds is 7. The highest BCUT2D eigenvalue weighted by Crippen LogP contribution is 2.37. The number of ether oxygens (including phenoxy) is 1. The molecule has 0 aliphatic carbocycles. The summed E-state index contributed by atoms with van der Waals surface area (Å²) in [5, 5.41) is 3.69. The summed E-state index contributed by atoms with van der Waals surface area (Å²) < 4.78 is 9.91. The highest BCUT2D eigenvalue weighted by molar-refractivity contribution is 7.10. The van der Waals surface area contributed by atoms with E-state index in [0.29, 0.717) is 32.2 Å². The lowest BCUT2D eigenvalue weighted by atomic mass is 9.97. The molecule has 0 bridgehead atoms. The van der Waals surface area contributed by atoms with Crippen molar-refractivity contribution in [2.75, 3.05) is 6.61 Å². The molecule has 0 N–H and O–H groups in total. The van der Waals surface area contributed by atoms with Crippen molar-refractivity contribution in [2.24, 2.45) is 4.99 Å². The SMILES string of the molecule is CCOC(=O)C1=C(c2ccccc2)N=c2s/c(=C/c3cn(Cc4ccc(Cl)cc4)c4ccccc34)c(=O)n2[C@@H]1c1cccs1. The van der Waals surface area contributed by atoms with Crippen LogP contribution in [-0.4, -0.2) is 21.7 Å². The molecule has 0 unspecified atom stereocenters. The Labute approximate surface area is 266 Å². The van der Waals surface area contributed by atoms with E-state index in [4.69, 9.17) is 21.3 Å². The minimum Gasteiger partial charge on any atom is -0.463 e. The number of aromatic nitrogens is 2. The van der Waals surface area contributed by atoms with Gasteiger partial charge in [-0.3, -0.25) is 9.36 Å². The Morgan fingerprint density at radius 3 is 2.52 bits per heavy atom. The second kappa shape index (κ2) is 11.9. The largest absolute Gasteiger partial charge is 0.463 e. The first-order valence-corrected chi connectivity index (χ1v) is 16.2. The summed E-state index contributed by atoms with van der Waals surface area (Å²) in [6, 6.07) is 28.8. The summed E-state index contributed by atoms with van der Waals surface area (Å²) >= 11 is 8.94. The van der Waals surface area contributed by atoms with Crippen molar-refractivity contribution in [2.45, 2.75) is 19.5 Å². The van der Waals surface area contributed by atoms with Crippen LogP contribution in [0.25, 0.3) is 22.7 Å². The maximum atomic E-state index is 14.3. The summed E-state index contributed by atoms with van der Waals surface area (Å²) in [6.45, 7) is 2.65. The molecule has 1 atom stereocenters. The molecule has 6 nitrogen and oxygen atoms in total. The molecule has 0 radical (unpaired) electrons. The van der Waals surface area contributed by atoms with Gasteiger partial charge in [0.25, 0.3) is 5.56 Å². The van der Waals surface area contributed by atoms with E-state index >= 15 is 0 Å². The van der Waals surface area contributed by atoms with Gasteiger partial charge in [-0.15, -0.1) is 11.3 Å². The smallest absolute Gasteiger partial charge is 0.338 e. The molecule has 1 aliphatic rings. The van der Waals surface area contributed by atoms with E-state index < -0.39 is 12.0 Å². The second-order valence-corrected chi connectivity index (χ2v) is 12.7. The van der Waals surface area contributed by atoms with Crippen molar-refractivity contribution < 1.29 is 9.53 Å². The van der Waals surface area contributed by atoms with Gasteiger partial charge in [0.2, 0.25) is 0 Å². The highest BCUT2D eigenvalue weighted by Gasteiger charge is 2.35. The van der Waals surface area contributed by atoms with E-state index in [2.05, 4.69) is 22.9 Å². The van der Waals surface area contributed by atoms with Crippen molar-refractivity contribution in [3.05, 3.63) is 154 Å². The first-order chi connectivity index (χ1) is 21.5. The molecule has 3 aromatic carbocycles. The number of hydrogen-bond acceptors (Lipinski definition) is 6. The number of thiophene rings is 1. The molecule has 0 amide bonds. The van der Waals surface area contributed by atoms with Crippen LogP contribution >= 0.6 is 34.3 Å². The van der Waals surface area contributed by atoms with Gasteiger partial charge >= 0.3 is 5.97 Å². The number of fused-ring (bicyclic) bond motifs is 2. The summed E-state index contributed by atoms with van der Waals surface area (Å²) in [4.78, 5) is 34.2. The van der Waals surface area contributed by atoms with E-state index in [0.717, 1.165) is 32.5 Å².